The highest BCUT2D eigenvalue weighted by atomic mass is 19.1. The molecular formula is C28H27FN2O4. The summed E-state index contributed by atoms with van der Waals surface area (Å²) < 4.78 is 20.0. The summed E-state index contributed by atoms with van der Waals surface area (Å²) in [5.41, 5.74) is 1.89. The number of likely N-dealkylation sites (tertiary alicyclic amines) is 1. The zero-order valence-electron chi connectivity index (χ0n) is 19.7. The number of ketones is 1. The van der Waals surface area contributed by atoms with Crippen molar-refractivity contribution in [1.29, 1.82) is 0 Å². The number of hydrogen-bond donors (Lipinski definition) is 1. The molecule has 0 aliphatic carbocycles. The topological polar surface area (TPSA) is 79.7 Å². The first-order valence-electron chi connectivity index (χ1n) is 11.6. The molecule has 1 atom stereocenters. The number of amides is 1. The molecule has 0 bridgehead atoms. The van der Waals surface area contributed by atoms with Crippen molar-refractivity contribution in [3.8, 4) is 5.75 Å². The molecule has 4 rings (SSSR count). The second-order valence-electron chi connectivity index (χ2n) is 8.52. The van der Waals surface area contributed by atoms with E-state index < -0.39 is 29.3 Å². The highest BCUT2D eigenvalue weighted by Gasteiger charge is 2.46. The van der Waals surface area contributed by atoms with E-state index in [1.165, 1.54) is 23.1 Å². The number of aryl methyl sites for hydroxylation is 1. The minimum Gasteiger partial charge on any atom is -0.507 e. The predicted molar refractivity (Wildman–Crippen MR) is 130 cm³/mol. The van der Waals surface area contributed by atoms with Crippen LogP contribution in [0, 0.1) is 12.7 Å². The summed E-state index contributed by atoms with van der Waals surface area (Å²) in [6.07, 6.45) is 5.17. The minimum absolute atomic E-state index is 0.0769. The number of unbranched alkanes of at least 4 members (excludes halogenated alkanes) is 1. The summed E-state index contributed by atoms with van der Waals surface area (Å²) in [5, 5.41) is 11.1. The number of Topliss-reactive ketones (excluding diaryl/α,β-unsaturated/α-hetero) is 1. The molecule has 7 heteroatoms. The normalized spacial score (nSPS) is 17.1. The van der Waals surface area contributed by atoms with Gasteiger partial charge in [-0.3, -0.25) is 14.6 Å². The lowest BCUT2D eigenvalue weighted by molar-refractivity contribution is -0.140. The molecular weight excluding hydrogens is 447 g/mol. The molecule has 35 heavy (non-hydrogen) atoms. The lowest BCUT2D eigenvalue weighted by Gasteiger charge is -2.25. The van der Waals surface area contributed by atoms with Gasteiger partial charge in [0.05, 0.1) is 18.2 Å². The van der Waals surface area contributed by atoms with Crippen molar-refractivity contribution in [2.24, 2.45) is 0 Å². The Morgan fingerprint density at radius 2 is 1.80 bits per heavy atom. The van der Waals surface area contributed by atoms with Crippen LogP contribution in [0.5, 0.6) is 5.75 Å². The number of aromatic nitrogens is 1. The van der Waals surface area contributed by atoms with Crippen LogP contribution in [0.25, 0.3) is 5.76 Å². The average molecular weight is 475 g/mol. The summed E-state index contributed by atoms with van der Waals surface area (Å²) in [4.78, 5) is 31.7. The summed E-state index contributed by atoms with van der Waals surface area (Å²) in [5.74, 6) is -1.79. The van der Waals surface area contributed by atoms with Gasteiger partial charge in [0.1, 0.15) is 17.3 Å². The van der Waals surface area contributed by atoms with E-state index in [0.29, 0.717) is 23.5 Å². The van der Waals surface area contributed by atoms with Crippen LogP contribution < -0.4 is 4.74 Å². The summed E-state index contributed by atoms with van der Waals surface area (Å²) in [6.45, 7) is 4.43. The molecule has 0 spiro atoms. The zero-order valence-corrected chi connectivity index (χ0v) is 19.7. The van der Waals surface area contributed by atoms with Gasteiger partial charge in [-0.1, -0.05) is 37.6 Å². The number of ether oxygens (including phenoxy) is 1. The Bertz CT molecular complexity index is 1260. The fourth-order valence-electron chi connectivity index (χ4n) is 4.05. The number of halogens is 1. The van der Waals surface area contributed by atoms with E-state index in [1.54, 1.807) is 55.7 Å². The second-order valence-corrected chi connectivity index (χ2v) is 8.52. The van der Waals surface area contributed by atoms with E-state index in [9.17, 15) is 19.1 Å². The zero-order chi connectivity index (χ0) is 24.9. The molecule has 180 valence electrons. The van der Waals surface area contributed by atoms with Gasteiger partial charge in [0, 0.05) is 24.5 Å². The molecule has 1 aromatic heterocycles. The summed E-state index contributed by atoms with van der Waals surface area (Å²) >= 11 is 0. The third-order valence-corrected chi connectivity index (χ3v) is 6.05. The van der Waals surface area contributed by atoms with Crippen molar-refractivity contribution in [2.45, 2.75) is 39.3 Å². The number of benzene rings is 2. The molecule has 0 saturated carbocycles. The number of nitrogens with zero attached hydrogens (tertiary/aromatic N) is 2. The maximum absolute atomic E-state index is 14.2. The summed E-state index contributed by atoms with van der Waals surface area (Å²) in [7, 11) is 0. The molecule has 1 aliphatic rings. The number of carbonyl (C=O) groups is 2. The molecule has 2 aromatic carbocycles. The lowest BCUT2D eigenvalue weighted by Crippen LogP contribution is -2.29. The van der Waals surface area contributed by atoms with Crippen LogP contribution in [0.3, 0.4) is 0 Å². The molecule has 3 aromatic rings. The second kappa shape index (κ2) is 10.5. The van der Waals surface area contributed by atoms with Crippen molar-refractivity contribution in [3.63, 3.8) is 0 Å². The molecule has 1 fully saturated rings. The van der Waals surface area contributed by atoms with Gasteiger partial charge in [-0.25, -0.2) is 4.39 Å². The number of carbonyl (C=O) groups excluding carboxylic acids is 2. The smallest absolute Gasteiger partial charge is 0.295 e. The van der Waals surface area contributed by atoms with Crippen molar-refractivity contribution in [1.82, 2.24) is 9.88 Å². The first-order valence-corrected chi connectivity index (χ1v) is 11.6. The number of pyridine rings is 1. The lowest BCUT2D eigenvalue weighted by atomic mass is 9.94. The van der Waals surface area contributed by atoms with Crippen LogP contribution in [0.1, 0.15) is 48.1 Å². The molecule has 1 aliphatic heterocycles. The number of aliphatic hydroxyl groups is 1. The van der Waals surface area contributed by atoms with Crippen LogP contribution >= 0.6 is 0 Å². The van der Waals surface area contributed by atoms with Crippen LogP contribution in [-0.2, 0) is 16.1 Å². The first kappa shape index (κ1) is 24.1. The Morgan fingerprint density at radius 1 is 1.09 bits per heavy atom. The maximum atomic E-state index is 14.2. The largest absolute Gasteiger partial charge is 0.507 e. The summed E-state index contributed by atoms with van der Waals surface area (Å²) in [6, 6.07) is 14.0. The highest BCUT2D eigenvalue weighted by Crippen LogP contribution is 2.40. The molecule has 6 nitrogen and oxygen atoms in total. The Labute approximate surface area is 203 Å². The van der Waals surface area contributed by atoms with E-state index in [4.69, 9.17) is 4.74 Å². The fourth-order valence-corrected chi connectivity index (χ4v) is 4.05. The van der Waals surface area contributed by atoms with Crippen LogP contribution in [0.15, 0.2) is 72.6 Å². The Morgan fingerprint density at radius 3 is 2.46 bits per heavy atom. The van der Waals surface area contributed by atoms with Gasteiger partial charge in [-0.15, -0.1) is 0 Å². The Kier molecular flexibility index (Phi) is 7.25. The molecule has 1 saturated heterocycles. The van der Waals surface area contributed by atoms with E-state index in [2.05, 4.69) is 11.9 Å². The van der Waals surface area contributed by atoms with Crippen molar-refractivity contribution in [3.05, 3.63) is 101 Å². The van der Waals surface area contributed by atoms with Gasteiger partial charge in [-0.2, -0.15) is 0 Å². The van der Waals surface area contributed by atoms with Crippen molar-refractivity contribution in [2.75, 3.05) is 6.61 Å². The monoisotopic (exact) mass is 474 g/mol. The van der Waals surface area contributed by atoms with Gasteiger partial charge >= 0.3 is 0 Å². The predicted octanol–water partition coefficient (Wildman–Crippen LogP) is 5.33. The Hall–Kier alpha value is -4.00. The van der Waals surface area contributed by atoms with Crippen molar-refractivity contribution >= 4 is 17.4 Å². The maximum Gasteiger partial charge on any atom is 0.295 e. The van der Waals surface area contributed by atoms with Crippen LogP contribution in [-0.4, -0.2) is 33.3 Å². The molecule has 1 N–H and O–H groups in total. The minimum atomic E-state index is -0.850. The van der Waals surface area contributed by atoms with E-state index in [0.717, 1.165) is 18.4 Å². The van der Waals surface area contributed by atoms with Gasteiger partial charge in [0.2, 0.25) is 0 Å². The Balaban J connectivity index is 1.78. The van der Waals surface area contributed by atoms with Gasteiger partial charge in [0.25, 0.3) is 11.7 Å². The van der Waals surface area contributed by atoms with Gasteiger partial charge < -0.3 is 14.7 Å². The standard InChI is InChI=1S/C28H27FN2O4/c1-3-4-15-35-22-9-7-20(8-10-22)25-24(26(32)21-6-5-18(2)23(29)16-21)27(33)28(34)31(25)17-19-11-13-30-14-12-19/h5-14,16,25,32H,3-4,15,17H2,1-2H3/b26-24-. The SMILES string of the molecule is CCCCOc1ccc(C2/C(=C(/O)c3ccc(C)c(F)c3)C(=O)C(=O)N2Cc2ccncc2)cc1. The van der Waals surface area contributed by atoms with Gasteiger partial charge in [-0.05, 0) is 60.4 Å². The number of rotatable bonds is 8. The highest BCUT2D eigenvalue weighted by molar-refractivity contribution is 6.46. The average Bonchev–Trinajstić information content (AvgIpc) is 3.11. The molecule has 1 amide bonds. The molecule has 2 heterocycles. The van der Waals surface area contributed by atoms with Crippen LogP contribution in [0.4, 0.5) is 4.39 Å². The van der Waals surface area contributed by atoms with E-state index >= 15 is 0 Å². The quantitative estimate of drug-likeness (QED) is 0.207. The van der Waals surface area contributed by atoms with E-state index in [-0.39, 0.29) is 17.7 Å². The van der Waals surface area contributed by atoms with Crippen molar-refractivity contribution < 1.29 is 23.8 Å². The molecule has 1 unspecified atom stereocenters. The third-order valence-electron chi connectivity index (χ3n) is 6.05. The third kappa shape index (κ3) is 5.09. The van der Waals surface area contributed by atoms with Gasteiger partial charge in [0.15, 0.2) is 0 Å². The fraction of sp³-hybridized carbons (Fsp3) is 0.250. The first-order chi connectivity index (χ1) is 16.9. The number of hydrogen-bond acceptors (Lipinski definition) is 5. The number of aliphatic hydroxyl groups excluding tert-OH is 1. The van der Waals surface area contributed by atoms with E-state index in [1.807, 2.05) is 0 Å². The van der Waals surface area contributed by atoms with Crippen LogP contribution in [0.2, 0.25) is 0 Å². The molecule has 0 radical (unpaired) electrons.